The third-order valence-corrected chi connectivity index (χ3v) is 4.31. The standard InChI is InChI=1S/C20H15N5O3/c26-20(18-5-1-3-14-10-11-21-19(14)18)23-22-13-17-4-2-12-24(17)15-6-8-16(9-7-15)25(27)28/h1-13,21H,(H,23,26)/b22-13-. The minimum atomic E-state index is -0.442. The molecule has 2 aromatic carbocycles. The topological polar surface area (TPSA) is 105 Å². The number of amides is 1. The highest BCUT2D eigenvalue weighted by molar-refractivity contribution is 6.05. The molecule has 0 saturated carbocycles. The lowest BCUT2D eigenvalue weighted by atomic mass is 10.1. The third-order valence-electron chi connectivity index (χ3n) is 4.31. The molecule has 28 heavy (non-hydrogen) atoms. The van der Waals surface area contributed by atoms with Crippen molar-refractivity contribution in [3.63, 3.8) is 0 Å². The minimum absolute atomic E-state index is 0.0249. The molecule has 1 amide bonds. The predicted molar refractivity (Wildman–Crippen MR) is 106 cm³/mol. The van der Waals surface area contributed by atoms with Crippen LogP contribution in [0, 0.1) is 10.1 Å². The van der Waals surface area contributed by atoms with Crippen molar-refractivity contribution in [2.45, 2.75) is 0 Å². The van der Waals surface area contributed by atoms with Gasteiger partial charge in [-0.05, 0) is 36.4 Å². The SMILES string of the molecule is O=C(N/N=C\c1cccn1-c1ccc([N+](=O)[O-])cc1)c1cccc2cc[nH]c12. The second-order valence-electron chi connectivity index (χ2n) is 6.02. The molecule has 0 unspecified atom stereocenters. The smallest absolute Gasteiger partial charge is 0.273 e. The number of carbonyl (C=O) groups excluding carboxylic acids is 1. The quantitative estimate of drug-likeness (QED) is 0.317. The van der Waals surface area contributed by atoms with Crippen molar-refractivity contribution in [1.29, 1.82) is 0 Å². The average Bonchev–Trinajstić information content (AvgIpc) is 3.37. The summed E-state index contributed by atoms with van der Waals surface area (Å²) in [5, 5.41) is 15.8. The van der Waals surface area contributed by atoms with Crippen molar-refractivity contribution in [1.82, 2.24) is 15.0 Å². The number of nitro benzene ring substituents is 1. The van der Waals surface area contributed by atoms with Gasteiger partial charge in [-0.1, -0.05) is 12.1 Å². The van der Waals surface area contributed by atoms with Crippen molar-refractivity contribution in [3.8, 4) is 5.69 Å². The largest absolute Gasteiger partial charge is 0.361 e. The lowest BCUT2D eigenvalue weighted by molar-refractivity contribution is -0.384. The van der Waals surface area contributed by atoms with Crippen LogP contribution in [-0.2, 0) is 0 Å². The number of hydrazone groups is 1. The Bertz CT molecular complexity index is 1190. The van der Waals surface area contributed by atoms with Crippen LogP contribution in [0.25, 0.3) is 16.6 Å². The van der Waals surface area contributed by atoms with Crippen LogP contribution in [0.2, 0.25) is 0 Å². The van der Waals surface area contributed by atoms with Gasteiger partial charge in [0.05, 0.1) is 27.9 Å². The van der Waals surface area contributed by atoms with Crippen molar-refractivity contribution in [3.05, 3.63) is 94.4 Å². The summed E-state index contributed by atoms with van der Waals surface area (Å²) < 4.78 is 1.81. The van der Waals surface area contributed by atoms with E-state index in [-0.39, 0.29) is 11.6 Å². The number of nitro groups is 1. The van der Waals surface area contributed by atoms with Gasteiger partial charge in [0.15, 0.2) is 0 Å². The zero-order chi connectivity index (χ0) is 19.5. The molecule has 0 aliphatic rings. The van der Waals surface area contributed by atoms with E-state index in [2.05, 4.69) is 15.5 Å². The molecule has 0 fully saturated rings. The number of nitrogens with zero attached hydrogens (tertiary/aromatic N) is 3. The van der Waals surface area contributed by atoms with Gasteiger partial charge in [-0.15, -0.1) is 0 Å². The van der Waals surface area contributed by atoms with Crippen molar-refractivity contribution in [2.75, 3.05) is 0 Å². The Balaban J connectivity index is 1.52. The minimum Gasteiger partial charge on any atom is -0.361 e. The molecule has 0 aliphatic carbocycles. The molecule has 0 saturated heterocycles. The van der Waals surface area contributed by atoms with Gasteiger partial charge in [0.2, 0.25) is 0 Å². The lowest BCUT2D eigenvalue weighted by Gasteiger charge is -2.06. The van der Waals surface area contributed by atoms with Crippen LogP contribution in [0.3, 0.4) is 0 Å². The van der Waals surface area contributed by atoms with Crippen LogP contribution in [0.5, 0.6) is 0 Å². The molecule has 8 nitrogen and oxygen atoms in total. The summed E-state index contributed by atoms with van der Waals surface area (Å²) >= 11 is 0. The van der Waals surface area contributed by atoms with E-state index in [1.165, 1.54) is 18.3 Å². The molecule has 0 bridgehead atoms. The molecule has 0 atom stereocenters. The summed E-state index contributed by atoms with van der Waals surface area (Å²) in [4.78, 5) is 25.8. The molecule has 2 heterocycles. The first kappa shape index (κ1) is 17.2. The van der Waals surface area contributed by atoms with Crippen LogP contribution >= 0.6 is 0 Å². The normalized spacial score (nSPS) is 11.1. The van der Waals surface area contributed by atoms with E-state index >= 15 is 0 Å². The highest BCUT2D eigenvalue weighted by Gasteiger charge is 2.10. The number of fused-ring (bicyclic) bond motifs is 1. The number of hydrogen-bond acceptors (Lipinski definition) is 4. The molecule has 0 aliphatic heterocycles. The number of rotatable bonds is 5. The van der Waals surface area contributed by atoms with Crippen LogP contribution in [0.1, 0.15) is 16.1 Å². The Morgan fingerprint density at radius 1 is 1.11 bits per heavy atom. The van der Waals surface area contributed by atoms with Gasteiger partial charge in [0.25, 0.3) is 11.6 Å². The maximum absolute atomic E-state index is 12.4. The summed E-state index contributed by atoms with van der Waals surface area (Å²) in [5.74, 6) is -0.322. The summed E-state index contributed by atoms with van der Waals surface area (Å²) in [6.07, 6.45) is 5.11. The molecular weight excluding hydrogens is 358 g/mol. The van der Waals surface area contributed by atoms with E-state index in [1.54, 1.807) is 24.4 Å². The first-order valence-corrected chi connectivity index (χ1v) is 8.45. The van der Waals surface area contributed by atoms with Gasteiger partial charge >= 0.3 is 0 Å². The summed E-state index contributed by atoms with van der Waals surface area (Å²) in [6.45, 7) is 0. The number of non-ortho nitro benzene ring substituents is 1. The number of carbonyl (C=O) groups is 1. The van der Waals surface area contributed by atoms with E-state index < -0.39 is 4.92 Å². The number of aromatic nitrogens is 2. The maximum Gasteiger partial charge on any atom is 0.273 e. The molecular formula is C20H15N5O3. The predicted octanol–water partition coefficient (Wildman–Crippen LogP) is 3.63. The van der Waals surface area contributed by atoms with Gasteiger partial charge in [-0.3, -0.25) is 14.9 Å². The number of nitrogens with one attached hydrogen (secondary N) is 2. The maximum atomic E-state index is 12.4. The average molecular weight is 373 g/mol. The first-order chi connectivity index (χ1) is 13.6. The number of aromatic amines is 1. The van der Waals surface area contributed by atoms with Crippen LogP contribution in [0.15, 0.2) is 78.2 Å². The van der Waals surface area contributed by atoms with Crippen molar-refractivity contribution >= 4 is 28.7 Å². The van der Waals surface area contributed by atoms with Crippen LogP contribution in [-0.4, -0.2) is 26.6 Å². The van der Waals surface area contributed by atoms with E-state index in [0.29, 0.717) is 11.3 Å². The van der Waals surface area contributed by atoms with Crippen LogP contribution in [0.4, 0.5) is 5.69 Å². The van der Waals surface area contributed by atoms with Crippen molar-refractivity contribution < 1.29 is 9.72 Å². The highest BCUT2D eigenvalue weighted by Crippen LogP contribution is 2.18. The lowest BCUT2D eigenvalue weighted by Crippen LogP contribution is -2.18. The Labute approximate surface area is 159 Å². The van der Waals surface area contributed by atoms with E-state index in [9.17, 15) is 14.9 Å². The summed E-state index contributed by atoms with van der Waals surface area (Å²) in [5.41, 5.74) is 5.28. The molecule has 4 rings (SSSR count). The van der Waals surface area contributed by atoms with Crippen molar-refractivity contribution in [2.24, 2.45) is 5.10 Å². The second-order valence-corrected chi connectivity index (χ2v) is 6.02. The Morgan fingerprint density at radius 2 is 1.93 bits per heavy atom. The molecule has 4 aromatic rings. The fraction of sp³-hybridized carbons (Fsp3) is 0. The van der Waals surface area contributed by atoms with Gasteiger partial charge in [0, 0.05) is 35.6 Å². The number of H-pyrrole nitrogens is 1. The molecule has 2 N–H and O–H groups in total. The number of para-hydroxylation sites is 1. The first-order valence-electron chi connectivity index (χ1n) is 8.45. The Morgan fingerprint density at radius 3 is 2.71 bits per heavy atom. The molecule has 138 valence electrons. The molecule has 0 radical (unpaired) electrons. The Kier molecular flexibility index (Phi) is 4.43. The summed E-state index contributed by atoms with van der Waals surface area (Å²) in [6, 6.07) is 17.2. The fourth-order valence-corrected chi connectivity index (χ4v) is 2.96. The Hall–Kier alpha value is -4.20. The van der Waals surface area contributed by atoms with Gasteiger partial charge in [-0.25, -0.2) is 5.43 Å². The molecule has 0 spiro atoms. The van der Waals surface area contributed by atoms with Crippen LogP contribution < -0.4 is 5.43 Å². The molecule has 8 heteroatoms. The van der Waals surface area contributed by atoms with E-state index in [4.69, 9.17) is 0 Å². The van der Waals surface area contributed by atoms with E-state index in [0.717, 1.165) is 16.6 Å². The third kappa shape index (κ3) is 3.26. The zero-order valence-electron chi connectivity index (χ0n) is 14.6. The highest BCUT2D eigenvalue weighted by atomic mass is 16.6. The second kappa shape index (κ2) is 7.20. The monoisotopic (exact) mass is 373 g/mol. The fourth-order valence-electron chi connectivity index (χ4n) is 2.96. The number of hydrogen-bond donors (Lipinski definition) is 2. The van der Waals surface area contributed by atoms with E-state index in [1.807, 2.05) is 41.1 Å². The van der Waals surface area contributed by atoms with Gasteiger partial charge in [0.1, 0.15) is 0 Å². The van der Waals surface area contributed by atoms with Gasteiger partial charge < -0.3 is 9.55 Å². The molecule has 2 aromatic heterocycles. The zero-order valence-corrected chi connectivity index (χ0v) is 14.6. The van der Waals surface area contributed by atoms with Gasteiger partial charge in [-0.2, -0.15) is 5.10 Å². The number of benzene rings is 2. The summed E-state index contributed by atoms with van der Waals surface area (Å²) in [7, 11) is 0.